The molecule has 2 heterocycles. The van der Waals surface area contributed by atoms with Crippen LogP contribution in [0.15, 0.2) is 31.7 Å². The zero-order valence-corrected chi connectivity index (χ0v) is 12.9. The monoisotopic (exact) mass is 341 g/mol. The van der Waals surface area contributed by atoms with Gasteiger partial charge in [-0.05, 0) is 54.4 Å². The summed E-state index contributed by atoms with van der Waals surface area (Å²) in [5, 5.41) is 12.8. The van der Waals surface area contributed by atoms with Crippen LogP contribution < -0.4 is 5.32 Å². The second-order valence-corrected chi connectivity index (χ2v) is 5.31. The van der Waals surface area contributed by atoms with Crippen LogP contribution in [0.5, 0.6) is 0 Å². The number of nitrogens with one attached hydrogen (secondary N) is 1. The van der Waals surface area contributed by atoms with Crippen molar-refractivity contribution in [3.63, 3.8) is 0 Å². The van der Waals surface area contributed by atoms with Gasteiger partial charge in [-0.3, -0.25) is 4.79 Å². The number of aliphatic hydroxyl groups excluding tert-OH is 1. The Morgan fingerprint density at radius 2 is 2.15 bits per heavy atom. The van der Waals surface area contributed by atoms with Crippen LogP contribution in [-0.4, -0.2) is 17.6 Å². The molecule has 0 unspecified atom stereocenters. The summed E-state index contributed by atoms with van der Waals surface area (Å²) < 4.78 is 11.0. The Balaban J connectivity index is 1.84. The van der Waals surface area contributed by atoms with Crippen molar-refractivity contribution in [2.75, 3.05) is 6.54 Å². The van der Waals surface area contributed by atoms with E-state index >= 15 is 0 Å². The summed E-state index contributed by atoms with van der Waals surface area (Å²) in [6, 6.07) is 5.05. The summed E-state index contributed by atoms with van der Waals surface area (Å²) in [7, 11) is 0. The number of amides is 1. The number of furan rings is 2. The largest absolute Gasteiger partial charge is 0.466 e. The third-order valence-electron chi connectivity index (χ3n) is 2.94. The van der Waals surface area contributed by atoms with Gasteiger partial charge in [-0.25, -0.2) is 0 Å². The van der Waals surface area contributed by atoms with Crippen molar-refractivity contribution in [1.29, 1.82) is 0 Å². The predicted molar refractivity (Wildman–Crippen MR) is 76.5 cm³/mol. The summed E-state index contributed by atoms with van der Waals surface area (Å²) in [5.74, 6) is 1.40. The number of rotatable bonds is 5. The van der Waals surface area contributed by atoms with Crippen molar-refractivity contribution >= 4 is 21.8 Å². The molecule has 2 aromatic rings. The van der Waals surface area contributed by atoms with Crippen LogP contribution in [0.1, 0.15) is 40.2 Å². The maximum atomic E-state index is 11.7. The van der Waals surface area contributed by atoms with Crippen molar-refractivity contribution in [3.8, 4) is 0 Å². The Morgan fingerprint density at radius 3 is 2.70 bits per heavy atom. The molecule has 0 aliphatic heterocycles. The lowest BCUT2D eigenvalue weighted by Gasteiger charge is -2.09. The van der Waals surface area contributed by atoms with Crippen molar-refractivity contribution in [2.45, 2.75) is 26.4 Å². The Kier molecular flexibility index (Phi) is 4.67. The van der Waals surface area contributed by atoms with E-state index in [-0.39, 0.29) is 11.7 Å². The van der Waals surface area contributed by atoms with Crippen LogP contribution in [0.4, 0.5) is 0 Å². The lowest BCUT2D eigenvalue weighted by molar-refractivity contribution is 0.0913. The molecule has 0 saturated carbocycles. The molecule has 1 atom stereocenters. The average Bonchev–Trinajstić information content (AvgIpc) is 2.95. The summed E-state index contributed by atoms with van der Waals surface area (Å²) in [5.41, 5.74) is 0.762. The van der Waals surface area contributed by atoms with E-state index in [2.05, 4.69) is 21.2 Å². The molecule has 0 aromatic carbocycles. The van der Waals surface area contributed by atoms with Crippen LogP contribution in [0.2, 0.25) is 0 Å². The molecule has 5 nitrogen and oxygen atoms in total. The fourth-order valence-corrected chi connectivity index (χ4v) is 2.29. The van der Waals surface area contributed by atoms with Gasteiger partial charge in [0.2, 0.25) is 0 Å². The molecule has 6 heteroatoms. The van der Waals surface area contributed by atoms with Crippen LogP contribution in [0, 0.1) is 13.8 Å². The van der Waals surface area contributed by atoms with E-state index < -0.39 is 6.10 Å². The molecule has 0 saturated heterocycles. The fourth-order valence-electron chi connectivity index (χ4n) is 1.98. The average molecular weight is 342 g/mol. The third kappa shape index (κ3) is 3.52. The number of hydrogen-bond donors (Lipinski definition) is 2. The van der Waals surface area contributed by atoms with E-state index in [1.54, 1.807) is 12.1 Å². The van der Waals surface area contributed by atoms with Gasteiger partial charge in [-0.1, -0.05) is 0 Å². The standard InChI is InChI=1S/C14H16BrNO4/c1-8-7-10(9(2)19-8)11(17)5-6-16-14(18)12-3-4-13(15)20-12/h3-4,7,11,17H,5-6H2,1-2H3,(H,16,18)/t11-/m0/s1. The van der Waals surface area contributed by atoms with Crippen LogP contribution >= 0.6 is 15.9 Å². The fraction of sp³-hybridized carbons (Fsp3) is 0.357. The zero-order chi connectivity index (χ0) is 14.7. The molecule has 0 aliphatic carbocycles. The van der Waals surface area contributed by atoms with Crippen molar-refractivity contribution < 1.29 is 18.7 Å². The molecule has 0 bridgehead atoms. The molecule has 2 aromatic heterocycles. The minimum absolute atomic E-state index is 0.238. The van der Waals surface area contributed by atoms with Gasteiger partial charge >= 0.3 is 0 Å². The molecule has 0 spiro atoms. The van der Waals surface area contributed by atoms with Gasteiger partial charge in [0.05, 0.1) is 6.10 Å². The molecule has 2 N–H and O–H groups in total. The van der Waals surface area contributed by atoms with Crippen molar-refractivity contribution in [3.05, 3.63) is 45.7 Å². The maximum Gasteiger partial charge on any atom is 0.287 e. The SMILES string of the molecule is Cc1cc([C@@H](O)CCNC(=O)c2ccc(Br)o2)c(C)o1. The number of hydrogen-bond acceptors (Lipinski definition) is 4. The highest BCUT2D eigenvalue weighted by Crippen LogP contribution is 2.23. The first-order valence-corrected chi connectivity index (χ1v) is 7.05. The second kappa shape index (κ2) is 6.28. The van der Waals surface area contributed by atoms with E-state index in [0.29, 0.717) is 23.4 Å². The lowest BCUT2D eigenvalue weighted by Crippen LogP contribution is -2.25. The molecule has 1 amide bonds. The highest BCUT2D eigenvalue weighted by molar-refractivity contribution is 9.10. The maximum absolute atomic E-state index is 11.7. The second-order valence-electron chi connectivity index (χ2n) is 4.53. The van der Waals surface area contributed by atoms with Crippen molar-refractivity contribution in [1.82, 2.24) is 5.32 Å². The number of aryl methyl sites for hydroxylation is 2. The van der Waals surface area contributed by atoms with Gasteiger partial charge in [0.15, 0.2) is 10.4 Å². The zero-order valence-electron chi connectivity index (χ0n) is 11.3. The highest BCUT2D eigenvalue weighted by atomic mass is 79.9. The topological polar surface area (TPSA) is 75.6 Å². The summed E-state index contributed by atoms with van der Waals surface area (Å²) in [6.45, 7) is 3.99. The molecular formula is C14H16BrNO4. The molecule has 0 aliphatic rings. The van der Waals surface area contributed by atoms with E-state index in [1.165, 1.54) is 0 Å². The van der Waals surface area contributed by atoms with E-state index in [1.807, 2.05) is 19.9 Å². The van der Waals surface area contributed by atoms with Gasteiger partial charge < -0.3 is 19.3 Å². The molecule has 2 rings (SSSR count). The molecule has 0 fully saturated rings. The van der Waals surface area contributed by atoms with Gasteiger partial charge in [0, 0.05) is 12.1 Å². The highest BCUT2D eigenvalue weighted by Gasteiger charge is 2.15. The Hall–Kier alpha value is -1.53. The number of carbonyl (C=O) groups is 1. The van der Waals surface area contributed by atoms with E-state index in [4.69, 9.17) is 8.83 Å². The first-order chi connectivity index (χ1) is 9.47. The predicted octanol–water partition coefficient (Wildman–Crippen LogP) is 3.11. The minimum atomic E-state index is -0.656. The van der Waals surface area contributed by atoms with E-state index in [9.17, 15) is 9.90 Å². The molecule has 108 valence electrons. The number of halogens is 1. The molecule has 0 radical (unpaired) electrons. The third-order valence-corrected chi connectivity index (χ3v) is 3.36. The summed E-state index contributed by atoms with van der Waals surface area (Å²) in [6.07, 6.45) is -0.246. The van der Waals surface area contributed by atoms with Crippen molar-refractivity contribution in [2.24, 2.45) is 0 Å². The first kappa shape index (κ1) is 14.9. The Bertz CT molecular complexity index is 602. The van der Waals surface area contributed by atoms with Gasteiger partial charge in [-0.15, -0.1) is 0 Å². The van der Waals surface area contributed by atoms with Gasteiger partial charge in [-0.2, -0.15) is 0 Å². The summed E-state index contributed by atoms with van der Waals surface area (Å²) in [4.78, 5) is 11.7. The quantitative estimate of drug-likeness (QED) is 0.876. The molecular weight excluding hydrogens is 326 g/mol. The minimum Gasteiger partial charge on any atom is -0.466 e. The Labute approximate surface area is 125 Å². The van der Waals surface area contributed by atoms with Crippen LogP contribution in [0.3, 0.4) is 0 Å². The van der Waals surface area contributed by atoms with Crippen LogP contribution in [-0.2, 0) is 0 Å². The van der Waals surface area contributed by atoms with Gasteiger partial charge in [0.1, 0.15) is 11.5 Å². The van der Waals surface area contributed by atoms with Gasteiger partial charge in [0.25, 0.3) is 5.91 Å². The number of aliphatic hydroxyl groups is 1. The smallest absolute Gasteiger partial charge is 0.287 e. The first-order valence-electron chi connectivity index (χ1n) is 6.26. The van der Waals surface area contributed by atoms with E-state index in [0.717, 1.165) is 11.3 Å². The number of carbonyl (C=O) groups excluding carboxylic acids is 1. The Morgan fingerprint density at radius 1 is 1.40 bits per heavy atom. The van der Waals surface area contributed by atoms with Crippen LogP contribution in [0.25, 0.3) is 0 Å². The normalized spacial score (nSPS) is 12.4. The molecule has 20 heavy (non-hydrogen) atoms. The summed E-state index contributed by atoms with van der Waals surface area (Å²) >= 11 is 3.14. The lowest BCUT2D eigenvalue weighted by atomic mass is 10.1.